The number of carbonyl (C=O) groups excluding carboxylic acids is 2. The van der Waals surface area contributed by atoms with Gasteiger partial charge in [-0.25, -0.2) is 9.59 Å². The van der Waals surface area contributed by atoms with Crippen LogP contribution in [0.25, 0.3) is 0 Å². The minimum Gasteiger partial charge on any atom is -0.380 e. The quantitative estimate of drug-likeness (QED) is 0.351. The fourth-order valence-corrected chi connectivity index (χ4v) is 2.35. The molecule has 0 fully saturated rings. The lowest BCUT2D eigenvalue weighted by molar-refractivity contribution is 0.134. The number of hydrogen-bond acceptors (Lipinski definition) is 4. The molecule has 0 bridgehead atoms. The predicted octanol–water partition coefficient (Wildman–Crippen LogP) is 3.87. The van der Waals surface area contributed by atoms with Crippen LogP contribution >= 0.6 is 0 Å². The third-order valence-corrected chi connectivity index (χ3v) is 4.09. The maximum atomic E-state index is 12.0. The predicted molar refractivity (Wildman–Crippen MR) is 117 cm³/mol. The second kappa shape index (κ2) is 15.6. The fraction of sp³-hybridized carbons (Fsp3) is 0.619. The molecule has 4 amide bonds. The van der Waals surface area contributed by atoms with Crippen molar-refractivity contribution in [3.63, 3.8) is 0 Å². The van der Waals surface area contributed by atoms with E-state index in [1.165, 1.54) is 0 Å². The summed E-state index contributed by atoms with van der Waals surface area (Å²) in [6.07, 6.45) is 4.21. The first kappa shape index (κ1) is 24.7. The largest absolute Gasteiger partial charge is 0.380 e. The van der Waals surface area contributed by atoms with Gasteiger partial charge >= 0.3 is 12.1 Å². The Hall–Kier alpha value is -2.32. The Bertz CT molecular complexity index is 610. The van der Waals surface area contributed by atoms with E-state index < -0.39 is 0 Å². The summed E-state index contributed by atoms with van der Waals surface area (Å²) in [6, 6.07) is 4.74. The highest BCUT2D eigenvalue weighted by molar-refractivity contribution is 5.93. The van der Waals surface area contributed by atoms with Crippen LogP contribution in [0.4, 0.5) is 21.0 Å². The number of aryl methyl sites for hydroxylation is 1. The molecule has 0 aliphatic heterocycles. The van der Waals surface area contributed by atoms with Crippen molar-refractivity contribution in [1.29, 1.82) is 0 Å². The SMILES string of the molecule is CCCCOCCNC(=O)Nc1ccc(C)c(NC(=O)NCCOCCCC)c1. The Morgan fingerprint density at radius 2 is 1.38 bits per heavy atom. The van der Waals surface area contributed by atoms with E-state index in [1.54, 1.807) is 12.1 Å². The van der Waals surface area contributed by atoms with Gasteiger partial charge in [0.05, 0.1) is 13.2 Å². The molecule has 8 heteroatoms. The maximum Gasteiger partial charge on any atom is 0.319 e. The summed E-state index contributed by atoms with van der Waals surface area (Å²) in [6.45, 7) is 9.36. The molecule has 1 rings (SSSR count). The average molecular weight is 409 g/mol. The van der Waals surface area contributed by atoms with Gasteiger partial charge in [0.15, 0.2) is 0 Å². The Morgan fingerprint density at radius 1 is 0.828 bits per heavy atom. The highest BCUT2D eigenvalue weighted by Gasteiger charge is 2.07. The van der Waals surface area contributed by atoms with Gasteiger partial charge in [-0.3, -0.25) is 0 Å². The minimum atomic E-state index is -0.312. The first-order valence-electron chi connectivity index (χ1n) is 10.4. The summed E-state index contributed by atoms with van der Waals surface area (Å²) in [5, 5.41) is 11.1. The summed E-state index contributed by atoms with van der Waals surface area (Å²) < 4.78 is 10.8. The number of carbonyl (C=O) groups is 2. The number of unbranched alkanes of at least 4 members (excludes halogenated alkanes) is 2. The summed E-state index contributed by atoms with van der Waals surface area (Å²) >= 11 is 0. The van der Waals surface area contributed by atoms with Gasteiger partial charge in [-0.15, -0.1) is 0 Å². The van der Waals surface area contributed by atoms with E-state index in [0.29, 0.717) is 50.9 Å². The Kier molecular flexibility index (Phi) is 13.3. The van der Waals surface area contributed by atoms with Gasteiger partial charge in [-0.05, 0) is 37.5 Å². The number of nitrogens with one attached hydrogen (secondary N) is 4. The highest BCUT2D eigenvalue weighted by Crippen LogP contribution is 2.20. The van der Waals surface area contributed by atoms with Crippen LogP contribution in [-0.2, 0) is 9.47 Å². The standard InChI is InChI=1S/C21H36N4O4/c1-4-6-12-28-14-10-22-20(26)24-18-9-8-17(3)19(16-18)25-21(27)23-11-15-29-13-7-5-2/h8-9,16H,4-7,10-15H2,1-3H3,(H2,22,24,26)(H2,23,25,27). The van der Waals surface area contributed by atoms with E-state index in [9.17, 15) is 9.59 Å². The van der Waals surface area contributed by atoms with Gasteiger partial charge in [0.1, 0.15) is 0 Å². The zero-order chi connectivity index (χ0) is 21.3. The molecule has 0 radical (unpaired) electrons. The summed E-state index contributed by atoms with van der Waals surface area (Å²) in [7, 11) is 0. The van der Waals surface area contributed by atoms with Crippen molar-refractivity contribution in [2.75, 3.05) is 50.2 Å². The Labute approximate surface area is 174 Å². The third-order valence-electron chi connectivity index (χ3n) is 4.09. The van der Waals surface area contributed by atoms with Crippen molar-refractivity contribution in [2.24, 2.45) is 0 Å². The van der Waals surface area contributed by atoms with Gasteiger partial charge in [0.25, 0.3) is 0 Å². The zero-order valence-electron chi connectivity index (χ0n) is 17.9. The average Bonchev–Trinajstić information content (AvgIpc) is 2.70. The van der Waals surface area contributed by atoms with Crippen LogP contribution in [-0.4, -0.2) is 51.6 Å². The summed E-state index contributed by atoms with van der Waals surface area (Å²) in [4.78, 5) is 24.0. The number of urea groups is 2. The normalized spacial score (nSPS) is 10.4. The molecule has 0 aliphatic rings. The number of amides is 4. The van der Waals surface area contributed by atoms with E-state index >= 15 is 0 Å². The van der Waals surface area contributed by atoms with Crippen molar-refractivity contribution in [3.8, 4) is 0 Å². The zero-order valence-corrected chi connectivity index (χ0v) is 17.9. The smallest absolute Gasteiger partial charge is 0.319 e. The molecule has 0 saturated heterocycles. The van der Waals surface area contributed by atoms with Crippen LogP contribution in [0.2, 0.25) is 0 Å². The fourth-order valence-electron chi connectivity index (χ4n) is 2.35. The lowest BCUT2D eigenvalue weighted by atomic mass is 10.2. The molecule has 0 saturated carbocycles. The monoisotopic (exact) mass is 408 g/mol. The van der Waals surface area contributed by atoms with Crippen LogP contribution in [0.5, 0.6) is 0 Å². The Balaban J connectivity index is 2.35. The van der Waals surface area contributed by atoms with E-state index in [2.05, 4.69) is 35.1 Å². The molecule has 4 N–H and O–H groups in total. The maximum absolute atomic E-state index is 12.0. The summed E-state index contributed by atoms with van der Waals surface area (Å²) in [5.41, 5.74) is 2.13. The van der Waals surface area contributed by atoms with E-state index in [0.717, 1.165) is 31.2 Å². The minimum absolute atomic E-state index is 0.307. The van der Waals surface area contributed by atoms with Crippen molar-refractivity contribution in [3.05, 3.63) is 23.8 Å². The van der Waals surface area contributed by atoms with Gasteiger partial charge in [0.2, 0.25) is 0 Å². The molecule has 8 nitrogen and oxygen atoms in total. The second-order valence-corrected chi connectivity index (χ2v) is 6.72. The van der Waals surface area contributed by atoms with Gasteiger partial charge in [-0.2, -0.15) is 0 Å². The molecule has 1 aromatic carbocycles. The topological polar surface area (TPSA) is 101 Å². The lowest BCUT2D eigenvalue weighted by Crippen LogP contribution is -2.32. The number of hydrogen-bond donors (Lipinski definition) is 4. The first-order valence-corrected chi connectivity index (χ1v) is 10.4. The molecular formula is C21H36N4O4. The van der Waals surface area contributed by atoms with Gasteiger partial charge in [-0.1, -0.05) is 32.8 Å². The van der Waals surface area contributed by atoms with Crippen LogP contribution in [0, 0.1) is 6.92 Å². The van der Waals surface area contributed by atoms with Crippen LogP contribution in [0.3, 0.4) is 0 Å². The molecule has 0 aliphatic carbocycles. The first-order chi connectivity index (χ1) is 14.1. The van der Waals surface area contributed by atoms with Crippen molar-refractivity contribution >= 4 is 23.4 Å². The summed E-state index contributed by atoms with van der Waals surface area (Å²) in [5.74, 6) is 0. The molecule has 0 unspecified atom stereocenters. The molecular weight excluding hydrogens is 372 g/mol. The van der Waals surface area contributed by atoms with E-state index in [4.69, 9.17) is 9.47 Å². The molecule has 1 aromatic rings. The van der Waals surface area contributed by atoms with E-state index in [1.807, 2.05) is 13.0 Å². The number of anilines is 2. The third kappa shape index (κ3) is 12.0. The second-order valence-electron chi connectivity index (χ2n) is 6.72. The van der Waals surface area contributed by atoms with E-state index in [-0.39, 0.29) is 12.1 Å². The lowest BCUT2D eigenvalue weighted by Gasteiger charge is -2.13. The van der Waals surface area contributed by atoms with Crippen LogP contribution < -0.4 is 21.3 Å². The molecule has 0 heterocycles. The number of benzene rings is 1. The number of ether oxygens (including phenoxy) is 2. The molecule has 0 spiro atoms. The molecule has 29 heavy (non-hydrogen) atoms. The number of rotatable bonds is 14. The molecule has 0 aromatic heterocycles. The molecule has 164 valence electrons. The van der Waals surface area contributed by atoms with Gasteiger partial charge in [0, 0.05) is 37.7 Å². The van der Waals surface area contributed by atoms with Crippen molar-refractivity contribution in [2.45, 2.75) is 46.5 Å². The molecule has 0 atom stereocenters. The Morgan fingerprint density at radius 3 is 1.93 bits per heavy atom. The highest BCUT2D eigenvalue weighted by atomic mass is 16.5. The van der Waals surface area contributed by atoms with Gasteiger partial charge < -0.3 is 30.7 Å². The van der Waals surface area contributed by atoms with Crippen LogP contribution in [0.15, 0.2) is 18.2 Å². The van der Waals surface area contributed by atoms with Crippen molar-refractivity contribution in [1.82, 2.24) is 10.6 Å². The van der Waals surface area contributed by atoms with Crippen LogP contribution in [0.1, 0.15) is 45.1 Å². The van der Waals surface area contributed by atoms with Crippen molar-refractivity contribution < 1.29 is 19.1 Å².